The number of hydrogen-bond acceptors (Lipinski definition) is 3. The van der Waals surface area contributed by atoms with Gasteiger partial charge in [-0.3, -0.25) is 4.68 Å². The second-order valence-corrected chi connectivity index (χ2v) is 6.06. The van der Waals surface area contributed by atoms with Gasteiger partial charge in [-0.05, 0) is 39.0 Å². The number of halogens is 1. The van der Waals surface area contributed by atoms with Gasteiger partial charge in [0.2, 0.25) is 0 Å². The fraction of sp³-hybridized carbons (Fsp3) is 0.333. The molecule has 2 aromatic rings. The lowest BCUT2D eigenvalue weighted by Gasteiger charge is -2.18. The third-order valence-electron chi connectivity index (χ3n) is 2.91. The average Bonchev–Trinajstić information content (AvgIpc) is 2.85. The van der Waals surface area contributed by atoms with E-state index in [2.05, 4.69) is 37.3 Å². The van der Waals surface area contributed by atoms with Crippen molar-refractivity contribution >= 4 is 17.3 Å². The van der Waals surface area contributed by atoms with Crippen LogP contribution in [0.25, 0.3) is 0 Å². The Morgan fingerprint density at radius 3 is 2.75 bits per heavy atom. The van der Waals surface area contributed by atoms with Gasteiger partial charge in [-0.25, -0.2) is 0 Å². The average molecular weight is 289 g/mol. The lowest BCUT2D eigenvalue weighted by atomic mass is 10.1. The molecule has 0 spiro atoms. The molecule has 0 amide bonds. The van der Waals surface area contributed by atoms with E-state index in [-0.39, 0.29) is 5.54 Å². The fourth-order valence-electron chi connectivity index (χ4n) is 1.78. The number of aromatic nitrogens is 2. The molecule has 0 saturated carbocycles. The smallest absolute Gasteiger partial charge is 0.101 e. The van der Waals surface area contributed by atoms with Crippen molar-refractivity contribution in [3.05, 3.63) is 46.7 Å². The summed E-state index contributed by atoms with van der Waals surface area (Å²) in [5.74, 6) is 0. The quantitative estimate of drug-likeness (QED) is 0.935. The van der Waals surface area contributed by atoms with Gasteiger partial charge >= 0.3 is 0 Å². The number of nitrogens with zero attached hydrogens (tertiary/aromatic N) is 3. The van der Waals surface area contributed by atoms with Crippen LogP contribution in [0.4, 0.5) is 5.69 Å². The normalized spacial score (nSPS) is 11.2. The second kappa shape index (κ2) is 5.56. The maximum absolute atomic E-state index is 9.07. The summed E-state index contributed by atoms with van der Waals surface area (Å²) in [6, 6.07) is 7.33. The Bertz CT molecular complexity index is 647. The Morgan fingerprint density at radius 2 is 2.15 bits per heavy atom. The molecule has 4 nitrogen and oxygen atoms in total. The molecular weight excluding hydrogens is 272 g/mol. The van der Waals surface area contributed by atoms with E-state index in [9.17, 15) is 0 Å². The van der Waals surface area contributed by atoms with Crippen LogP contribution in [0, 0.1) is 11.3 Å². The summed E-state index contributed by atoms with van der Waals surface area (Å²) in [6.45, 7) is 6.90. The Labute approximate surface area is 124 Å². The molecule has 0 atom stereocenters. The molecule has 0 aliphatic rings. The monoisotopic (exact) mass is 288 g/mol. The standard InChI is InChI=1S/C15H17ClN4/c1-15(2,3)20-10-11(9-19-20)8-18-14-6-13(16)5-4-12(14)7-17/h4-6,9-10,18H,8H2,1-3H3. The molecule has 20 heavy (non-hydrogen) atoms. The predicted molar refractivity (Wildman–Crippen MR) is 80.7 cm³/mol. The largest absolute Gasteiger partial charge is 0.380 e. The maximum atomic E-state index is 9.07. The first-order chi connectivity index (χ1) is 9.40. The fourth-order valence-corrected chi connectivity index (χ4v) is 1.95. The molecule has 0 aliphatic heterocycles. The highest BCUT2D eigenvalue weighted by molar-refractivity contribution is 6.30. The molecule has 1 heterocycles. The Kier molecular flexibility index (Phi) is 4.01. The zero-order valence-electron chi connectivity index (χ0n) is 11.8. The molecule has 0 aliphatic carbocycles. The van der Waals surface area contributed by atoms with Crippen LogP contribution in [-0.4, -0.2) is 9.78 Å². The van der Waals surface area contributed by atoms with E-state index in [0.717, 1.165) is 11.3 Å². The Hall–Kier alpha value is -1.99. The third-order valence-corrected chi connectivity index (χ3v) is 3.14. The SMILES string of the molecule is CC(C)(C)n1cc(CNc2cc(Cl)ccc2C#N)cn1. The lowest BCUT2D eigenvalue weighted by Crippen LogP contribution is -2.21. The van der Waals surface area contributed by atoms with Crippen LogP contribution in [-0.2, 0) is 12.1 Å². The molecule has 1 aromatic heterocycles. The van der Waals surface area contributed by atoms with Crippen LogP contribution in [0.2, 0.25) is 5.02 Å². The van der Waals surface area contributed by atoms with Gasteiger partial charge in [-0.1, -0.05) is 11.6 Å². The number of anilines is 1. The maximum Gasteiger partial charge on any atom is 0.101 e. The Morgan fingerprint density at radius 1 is 1.40 bits per heavy atom. The molecule has 0 radical (unpaired) electrons. The summed E-state index contributed by atoms with van der Waals surface area (Å²) >= 11 is 5.95. The summed E-state index contributed by atoms with van der Waals surface area (Å²) in [7, 11) is 0. The van der Waals surface area contributed by atoms with Gasteiger partial charge in [0.05, 0.1) is 23.0 Å². The lowest BCUT2D eigenvalue weighted by molar-refractivity contribution is 0.355. The van der Waals surface area contributed by atoms with E-state index in [0.29, 0.717) is 17.1 Å². The van der Waals surface area contributed by atoms with E-state index in [4.69, 9.17) is 16.9 Å². The number of hydrogen-bond donors (Lipinski definition) is 1. The molecule has 104 valence electrons. The predicted octanol–water partition coefficient (Wildman–Crippen LogP) is 3.78. The number of rotatable bonds is 3. The van der Waals surface area contributed by atoms with Crippen LogP contribution < -0.4 is 5.32 Å². The van der Waals surface area contributed by atoms with Gasteiger partial charge in [-0.2, -0.15) is 10.4 Å². The minimum absolute atomic E-state index is 0.0356. The van der Waals surface area contributed by atoms with Gasteiger partial charge in [0.25, 0.3) is 0 Å². The zero-order valence-corrected chi connectivity index (χ0v) is 12.6. The highest BCUT2D eigenvalue weighted by Crippen LogP contribution is 2.21. The molecule has 1 aromatic carbocycles. The van der Waals surface area contributed by atoms with E-state index >= 15 is 0 Å². The molecule has 0 bridgehead atoms. The van der Waals surface area contributed by atoms with Crippen LogP contribution in [0.1, 0.15) is 31.9 Å². The third kappa shape index (κ3) is 3.31. The minimum atomic E-state index is -0.0356. The molecule has 5 heteroatoms. The summed E-state index contributed by atoms with van der Waals surface area (Å²) in [5.41, 5.74) is 2.34. The summed E-state index contributed by atoms with van der Waals surface area (Å²) in [4.78, 5) is 0. The van der Waals surface area contributed by atoms with Gasteiger partial charge in [0.1, 0.15) is 6.07 Å². The molecule has 1 N–H and O–H groups in total. The van der Waals surface area contributed by atoms with E-state index in [1.54, 1.807) is 18.2 Å². The molecule has 0 fully saturated rings. The zero-order chi connectivity index (χ0) is 14.8. The summed E-state index contributed by atoms with van der Waals surface area (Å²) in [5, 5.41) is 17.2. The van der Waals surface area contributed by atoms with Crippen molar-refractivity contribution in [1.82, 2.24) is 9.78 Å². The Balaban J connectivity index is 2.12. The highest BCUT2D eigenvalue weighted by atomic mass is 35.5. The first-order valence-electron chi connectivity index (χ1n) is 6.38. The second-order valence-electron chi connectivity index (χ2n) is 5.62. The van der Waals surface area contributed by atoms with E-state index < -0.39 is 0 Å². The van der Waals surface area contributed by atoms with Crippen molar-refractivity contribution in [2.24, 2.45) is 0 Å². The van der Waals surface area contributed by atoms with Gasteiger partial charge in [0.15, 0.2) is 0 Å². The van der Waals surface area contributed by atoms with Crippen LogP contribution in [0.5, 0.6) is 0 Å². The molecule has 2 rings (SSSR count). The van der Waals surface area contributed by atoms with Crippen molar-refractivity contribution < 1.29 is 0 Å². The molecular formula is C15H17ClN4. The van der Waals surface area contributed by atoms with Gasteiger partial charge in [0, 0.05) is 23.3 Å². The topological polar surface area (TPSA) is 53.6 Å². The van der Waals surface area contributed by atoms with Gasteiger partial charge in [-0.15, -0.1) is 0 Å². The van der Waals surface area contributed by atoms with Crippen molar-refractivity contribution in [3.63, 3.8) is 0 Å². The summed E-state index contributed by atoms with van der Waals surface area (Å²) < 4.78 is 1.92. The van der Waals surface area contributed by atoms with Gasteiger partial charge < -0.3 is 5.32 Å². The van der Waals surface area contributed by atoms with Crippen molar-refractivity contribution in [2.75, 3.05) is 5.32 Å². The van der Waals surface area contributed by atoms with E-state index in [1.165, 1.54) is 0 Å². The summed E-state index contributed by atoms with van der Waals surface area (Å²) in [6.07, 6.45) is 3.83. The molecule has 0 saturated heterocycles. The van der Waals surface area contributed by atoms with Crippen molar-refractivity contribution in [1.29, 1.82) is 5.26 Å². The number of nitrogens with one attached hydrogen (secondary N) is 1. The minimum Gasteiger partial charge on any atom is -0.380 e. The first-order valence-corrected chi connectivity index (χ1v) is 6.75. The van der Waals surface area contributed by atoms with Crippen molar-refractivity contribution in [2.45, 2.75) is 32.9 Å². The van der Waals surface area contributed by atoms with E-state index in [1.807, 2.05) is 17.1 Å². The number of benzene rings is 1. The first kappa shape index (κ1) is 14.4. The van der Waals surface area contributed by atoms with Crippen molar-refractivity contribution in [3.8, 4) is 6.07 Å². The van der Waals surface area contributed by atoms with Crippen LogP contribution >= 0.6 is 11.6 Å². The van der Waals surface area contributed by atoms with Crippen LogP contribution in [0.15, 0.2) is 30.6 Å². The van der Waals surface area contributed by atoms with Crippen LogP contribution in [0.3, 0.4) is 0 Å². The molecule has 0 unspecified atom stereocenters. The highest BCUT2D eigenvalue weighted by Gasteiger charge is 2.13. The number of nitriles is 1.